The average Bonchev–Trinajstić information content (AvgIpc) is 2.70. The van der Waals surface area contributed by atoms with Crippen LogP contribution in [0, 0.1) is 15.5 Å². The van der Waals surface area contributed by atoms with Gasteiger partial charge in [-0.05, 0) is 29.7 Å². The van der Waals surface area contributed by atoms with Crippen molar-refractivity contribution in [2.75, 3.05) is 6.61 Å². The molecule has 0 spiro atoms. The highest BCUT2D eigenvalue weighted by Crippen LogP contribution is 2.35. The smallest absolute Gasteiger partial charge is 0.313 e. The van der Waals surface area contributed by atoms with E-state index in [0.717, 1.165) is 4.47 Å². The Labute approximate surface area is 210 Å². The Kier molecular flexibility index (Phi) is 7.19. The monoisotopic (exact) mass is 548 g/mol. The third-order valence-corrected chi connectivity index (χ3v) is 5.41. The number of hydrogen-bond donors (Lipinski definition) is 0. The van der Waals surface area contributed by atoms with Crippen molar-refractivity contribution in [1.82, 2.24) is 9.66 Å². The molecule has 2 aromatic carbocycles. The summed E-state index contributed by atoms with van der Waals surface area (Å²) in [6.07, 6.45) is 1.35. The number of ether oxygens (including phenoxy) is 1. The lowest BCUT2D eigenvalue weighted by molar-refractivity contribution is -0.385. The molecule has 180 valence electrons. The van der Waals surface area contributed by atoms with Gasteiger partial charge in [0.1, 0.15) is 5.82 Å². The summed E-state index contributed by atoms with van der Waals surface area (Å²) in [7, 11) is 0. The number of fused-ring (bicyclic) bond motifs is 1. The first-order valence-corrected chi connectivity index (χ1v) is 11.7. The lowest BCUT2D eigenvalue weighted by atomic mass is 9.95. The Morgan fingerprint density at radius 3 is 2.47 bits per heavy atom. The molecule has 0 aliphatic carbocycles. The lowest BCUT2D eigenvalue weighted by Crippen LogP contribution is -2.29. The summed E-state index contributed by atoms with van der Waals surface area (Å²) in [5, 5.41) is 16.6. The van der Waals surface area contributed by atoms with Crippen LogP contribution in [0.5, 0.6) is 5.75 Å². The van der Waals surface area contributed by atoms with E-state index in [2.05, 4.69) is 26.0 Å². The van der Waals surface area contributed by atoms with E-state index in [1.165, 1.54) is 23.0 Å². The predicted molar refractivity (Wildman–Crippen MR) is 138 cm³/mol. The second kappa shape index (κ2) is 9.46. The fourth-order valence-electron chi connectivity index (χ4n) is 3.14. The zero-order valence-corrected chi connectivity index (χ0v) is 22.2. The number of benzene rings is 2. The molecule has 0 atom stereocenters. The molecule has 0 fully saturated rings. The Bertz CT molecular complexity index is 1350. The minimum absolute atomic E-state index is 0.0370. The van der Waals surface area contributed by atoms with Crippen LogP contribution in [0.15, 0.2) is 44.7 Å². The third kappa shape index (κ3) is 5.82. The van der Waals surface area contributed by atoms with Crippen molar-refractivity contribution >= 4 is 50.3 Å². The second-order valence-electron chi connectivity index (χ2n) is 10.2. The number of nitrogens with zero attached hydrogens (tertiary/aromatic N) is 4. The number of rotatable bonds is 5. The van der Waals surface area contributed by atoms with Crippen LogP contribution in [0.2, 0.25) is 5.02 Å². The van der Waals surface area contributed by atoms with E-state index in [1.54, 1.807) is 12.1 Å². The standard InChI is InChI=1S/C24H26BrClN4O4/c1-23(2,3)13-34-20-14(9-16(26)11-19(20)30(32)33)12-27-29-21(31)17-10-15(25)7-8-18(17)28-22(29)24(4,5)6/h7-12H,13H2,1-6H3. The molecule has 0 unspecified atom stereocenters. The first kappa shape index (κ1) is 25.8. The molecule has 0 saturated heterocycles. The number of hydrogen-bond acceptors (Lipinski definition) is 6. The zero-order chi connectivity index (χ0) is 25.4. The van der Waals surface area contributed by atoms with Crippen LogP contribution in [-0.4, -0.2) is 27.4 Å². The maximum absolute atomic E-state index is 13.4. The summed E-state index contributed by atoms with van der Waals surface area (Å²) < 4.78 is 7.81. The number of aromatic nitrogens is 2. The molecular weight excluding hydrogens is 524 g/mol. The molecule has 0 radical (unpaired) electrons. The normalized spacial score (nSPS) is 12.5. The molecule has 34 heavy (non-hydrogen) atoms. The van der Waals surface area contributed by atoms with E-state index in [9.17, 15) is 14.9 Å². The first-order valence-electron chi connectivity index (χ1n) is 10.6. The van der Waals surface area contributed by atoms with E-state index < -0.39 is 10.3 Å². The molecule has 1 aromatic heterocycles. The second-order valence-corrected chi connectivity index (χ2v) is 11.5. The van der Waals surface area contributed by atoms with Crippen molar-refractivity contribution in [1.29, 1.82) is 0 Å². The molecule has 0 aliphatic rings. The highest BCUT2D eigenvalue weighted by atomic mass is 79.9. The van der Waals surface area contributed by atoms with E-state index in [1.807, 2.05) is 47.6 Å². The number of halogens is 2. The van der Waals surface area contributed by atoms with Gasteiger partial charge in [0.25, 0.3) is 5.56 Å². The van der Waals surface area contributed by atoms with E-state index >= 15 is 0 Å². The molecule has 0 bridgehead atoms. The van der Waals surface area contributed by atoms with Crippen molar-refractivity contribution in [3.63, 3.8) is 0 Å². The SMILES string of the molecule is CC(C)(C)COc1c(C=Nn2c(C(C)(C)C)nc3ccc(Br)cc3c2=O)cc(Cl)cc1[N+](=O)[O-]. The van der Waals surface area contributed by atoms with Gasteiger partial charge >= 0.3 is 5.69 Å². The van der Waals surface area contributed by atoms with Crippen LogP contribution in [-0.2, 0) is 5.41 Å². The first-order chi connectivity index (χ1) is 15.7. The van der Waals surface area contributed by atoms with Crippen LogP contribution in [0.4, 0.5) is 5.69 Å². The molecule has 3 rings (SSSR count). The van der Waals surface area contributed by atoms with Gasteiger partial charge in [-0.3, -0.25) is 14.9 Å². The van der Waals surface area contributed by atoms with Gasteiger partial charge in [0.2, 0.25) is 5.75 Å². The molecule has 0 amide bonds. The lowest BCUT2D eigenvalue weighted by Gasteiger charge is -2.21. The van der Waals surface area contributed by atoms with E-state index in [4.69, 9.17) is 16.3 Å². The van der Waals surface area contributed by atoms with Gasteiger partial charge in [-0.2, -0.15) is 9.78 Å². The summed E-state index contributed by atoms with van der Waals surface area (Å²) >= 11 is 9.55. The molecule has 0 saturated carbocycles. The summed E-state index contributed by atoms with van der Waals surface area (Å²) in [6, 6.07) is 8.02. The molecule has 0 aliphatic heterocycles. The summed E-state index contributed by atoms with van der Waals surface area (Å²) in [5.74, 6) is 0.479. The van der Waals surface area contributed by atoms with Gasteiger partial charge in [-0.1, -0.05) is 69.1 Å². The zero-order valence-electron chi connectivity index (χ0n) is 19.8. The Morgan fingerprint density at radius 2 is 1.88 bits per heavy atom. The Balaban J connectivity index is 2.24. The summed E-state index contributed by atoms with van der Waals surface area (Å²) in [4.78, 5) is 29.2. The van der Waals surface area contributed by atoms with Crippen molar-refractivity contribution < 1.29 is 9.66 Å². The fourth-order valence-corrected chi connectivity index (χ4v) is 3.72. The average molecular weight is 550 g/mol. The van der Waals surface area contributed by atoms with Crippen LogP contribution < -0.4 is 10.3 Å². The highest BCUT2D eigenvalue weighted by molar-refractivity contribution is 9.10. The van der Waals surface area contributed by atoms with Gasteiger partial charge < -0.3 is 4.74 Å². The highest BCUT2D eigenvalue weighted by Gasteiger charge is 2.25. The van der Waals surface area contributed by atoms with Crippen LogP contribution >= 0.6 is 27.5 Å². The van der Waals surface area contributed by atoms with Crippen LogP contribution in [0.25, 0.3) is 10.9 Å². The Hall–Kier alpha value is -2.78. The topological polar surface area (TPSA) is 99.6 Å². The minimum Gasteiger partial charge on any atom is -0.486 e. The van der Waals surface area contributed by atoms with Crippen molar-refractivity contribution in [3.8, 4) is 5.75 Å². The number of nitro groups is 1. The molecule has 10 heteroatoms. The van der Waals surface area contributed by atoms with Crippen LogP contribution in [0.1, 0.15) is 52.9 Å². The molecular formula is C24H26BrClN4O4. The maximum atomic E-state index is 13.4. The van der Waals surface area contributed by atoms with Gasteiger partial charge in [0.05, 0.1) is 28.6 Å². The van der Waals surface area contributed by atoms with Gasteiger partial charge in [-0.15, -0.1) is 0 Å². The summed E-state index contributed by atoms with van der Waals surface area (Å²) in [6.45, 7) is 11.9. The largest absolute Gasteiger partial charge is 0.486 e. The van der Waals surface area contributed by atoms with Gasteiger partial charge in [-0.25, -0.2) is 4.98 Å². The quantitative estimate of drug-likeness (QED) is 0.210. The van der Waals surface area contributed by atoms with Crippen LogP contribution in [0.3, 0.4) is 0 Å². The van der Waals surface area contributed by atoms with Crippen molar-refractivity contribution in [3.05, 3.63) is 71.7 Å². The fraction of sp³-hybridized carbons (Fsp3) is 0.375. The maximum Gasteiger partial charge on any atom is 0.313 e. The molecule has 3 aromatic rings. The molecule has 1 heterocycles. The summed E-state index contributed by atoms with van der Waals surface area (Å²) in [5.41, 5.74) is -0.553. The third-order valence-electron chi connectivity index (χ3n) is 4.70. The van der Waals surface area contributed by atoms with Crippen molar-refractivity contribution in [2.24, 2.45) is 10.5 Å². The van der Waals surface area contributed by atoms with Gasteiger partial charge in [0, 0.05) is 26.5 Å². The van der Waals surface area contributed by atoms with E-state index in [-0.39, 0.29) is 39.6 Å². The van der Waals surface area contributed by atoms with Crippen molar-refractivity contribution in [2.45, 2.75) is 47.0 Å². The molecule has 0 N–H and O–H groups in total. The number of nitro benzene ring substituents is 1. The predicted octanol–water partition coefficient (Wildman–Crippen LogP) is 6.33. The van der Waals surface area contributed by atoms with E-state index in [0.29, 0.717) is 16.7 Å². The minimum atomic E-state index is -0.553. The van der Waals surface area contributed by atoms with Gasteiger partial charge in [0.15, 0.2) is 0 Å². The Morgan fingerprint density at radius 1 is 1.21 bits per heavy atom. The molecule has 8 nitrogen and oxygen atoms in total.